The normalized spacial score (nSPS) is 12.4. The SMILES string of the molecule is O=S(=O)(Nc1c(Cl)cccc1C(F)(F)F)c1cnc(Cl)s1. The molecule has 1 heterocycles. The second-order valence-corrected chi connectivity index (χ2v) is 7.63. The van der Waals surface area contributed by atoms with Gasteiger partial charge in [-0.1, -0.05) is 40.6 Å². The number of hydrogen-bond acceptors (Lipinski definition) is 4. The monoisotopic (exact) mass is 376 g/mol. The highest BCUT2D eigenvalue weighted by Gasteiger charge is 2.35. The number of benzene rings is 1. The smallest absolute Gasteiger partial charge is 0.277 e. The van der Waals surface area contributed by atoms with Crippen molar-refractivity contribution < 1.29 is 21.6 Å². The van der Waals surface area contributed by atoms with E-state index in [4.69, 9.17) is 23.2 Å². The van der Waals surface area contributed by atoms with Gasteiger partial charge in [-0.2, -0.15) is 13.2 Å². The summed E-state index contributed by atoms with van der Waals surface area (Å²) in [6.45, 7) is 0. The molecule has 0 radical (unpaired) electrons. The number of alkyl halides is 3. The highest BCUT2D eigenvalue weighted by atomic mass is 35.5. The zero-order valence-corrected chi connectivity index (χ0v) is 12.9. The molecule has 11 heteroatoms. The number of nitrogens with one attached hydrogen (secondary N) is 1. The Kier molecular flexibility index (Phi) is 4.39. The van der Waals surface area contributed by atoms with E-state index < -0.39 is 27.5 Å². The first-order valence-corrected chi connectivity index (χ1v) is 8.16. The number of hydrogen-bond donors (Lipinski definition) is 1. The Morgan fingerprint density at radius 2 is 1.90 bits per heavy atom. The van der Waals surface area contributed by atoms with E-state index in [0.29, 0.717) is 11.3 Å². The van der Waals surface area contributed by atoms with Gasteiger partial charge in [0.2, 0.25) is 0 Å². The predicted molar refractivity (Wildman–Crippen MR) is 74.4 cm³/mol. The van der Waals surface area contributed by atoms with E-state index in [0.717, 1.165) is 24.4 Å². The van der Waals surface area contributed by atoms with E-state index >= 15 is 0 Å². The van der Waals surface area contributed by atoms with Gasteiger partial charge in [-0.3, -0.25) is 4.72 Å². The number of aromatic nitrogens is 1. The lowest BCUT2D eigenvalue weighted by atomic mass is 10.2. The van der Waals surface area contributed by atoms with E-state index in [2.05, 4.69) is 4.98 Å². The van der Waals surface area contributed by atoms with Crippen LogP contribution in [0, 0.1) is 0 Å². The molecule has 2 rings (SSSR count). The van der Waals surface area contributed by atoms with Crippen LogP contribution in [0.15, 0.2) is 28.6 Å². The van der Waals surface area contributed by atoms with E-state index in [1.54, 1.807) is 0 Å². The van der Waals surface area contributed by atoms with Crippen molar-refractivity contribution in [3.05, 3.63) is 39.4 Å². The van der Waals surface area contributed by atoms with Crippen molar-refractivity contribution in [2.24, 2.45) is 0 Å². The lowest BCUT2D eigenvalue weighted by Crippen LogP contribution is -2.16. The minimum Gasteiger partial charge on any atom is -0.277 e. The van der Waals surface area contributed by atoms with Crippen LogP contribution in [-0.4, -0.2) is 13.4 Å². The molecular weight excluding hydrogens is 372 g/mol. The number of para-hydroxylation sites is 1. The lowest BCUT2D eigenvalue weighted by molar-refractivity contribution is -0.136. The molecule has 0 aliphatic heterocycles. The molecule has 2 aromatic rings. The zero-order valence-electron chi connectivity index (χ0n) is 9.78. The third kappa shape index (κ3) is 3.60. The van der Waals surface area contributed by atoms with Crippen molar-refractivity contribution in [1.29, 1.82) is 0 Å². The first-order valence-electron chi connectivity index (χ1n) is 5.11. The summed E-state index contributed by atoms with van der Waals surface area (Å²) in [5.41, 5.74) is -1.93. The molecule has 1 aromatic heterocycles. The topological polar surface area (TPSA) is 59.1 Å². The van der Waals surface area contributed by atoms with Crippen molar-refractivity contribution in [2.45, 2.75) is 10.4 Å². The molecule has 21 heavy (non-hydrogen) atoms. The molecule has 114 valence electrons. The van der Waals surface area contributed by atoms with Gasteiger partial charge in [0.25, 0.3) is 10.0 Å². The Balaban J connectivity index is 2.49. The van der Waals surface area contributed by atoms with Crippen molar-refractivity contribution in [3.8, 4) is 0 Å². The summed E-state index contributed by atoms with van der Waals surface area (Å²) >= 11 is 11.8. The lowest BCUT2D eigenvalue weighted by Gasteiger charge is -2.15. The standard InChI is InChI=1S/C10H5Cl2F3N2O2S2/c11-6-3-1-2-5(10(13,14)15)8(6)17-21(18,19)7-4-16-9(12)20-7/h1-4,17H. The first kappa shape index (κ1) is 16.3. The van der Waals surface area contributed by atoms with E-state index in [1.165, 1.54) is 0 Å². The first-order chi connectivity index (χ1) is 9.61. The highest BCUT2D eigenvalue weighted by molar-refractivity contribution is 7.94. The van der Waals surface area contributed by atoms with Gasteiger partial charge in [-0.15, -0.1) is 0 Å². The molecule has 4 nitrogen and oxygen atoms in total. The molecule has 1 N–H and O–H groups in total. The molecule has 0 atom stereocenters. The van der Waals surface area contributed by atoms with Crippen LogP contribution >= 0.6 is 34.5 Å². The van der Waals surface area contributed by atoms with Gasteiger partial charge in [0.05, 0.1) is 22.5 Å². The van der Waals surface area contributed by atoms with Crippen LogP contribution < -0.4 is 4.72 Å². The van der Waals surface area contributed by atoms with Gasteiger partial charge < -0.3 is 0 Å². The maximum atomic E-state index is 12.9. The van der Waals surface area contributed by atoms with E-state index in [1.807, 2.05) is 4.72 Å². The Bertz CT molecular complexity index is 775. The summed E-state index contributed by atoms with van der Waals surface area (Å²) in [4.78, 5) is 3.53. The van der Waals surface area contributed by atoms with Crippen LogP contribution in [0.1, 0.15) is 5.56 Å². The summed E-state index contributed by atoms with van der Waals surface area (Å²) in [6.07, 6.45) is -3.81. The molecular formula is C10H5Cl2F3N2O2S2. The zero-order chi connectivity index (χ0) is 15.8. The average molecular weight is 377 g/mol. The second-order valence-electron chi connectivity index (χ2n) is 3.70. The summed E-state index contributed by atoms with van der Waals surface area (Å²) in [6, 6.07) is 2.95. The van der Waals surface area contributed by atoms with Gasteiger partial charge in [0, 0.05) is 0 Å². The minimum absolute atomic E-state index is 0.0504. The van der Waals surface area contributed by atoms with Gasteiger partial charge in [-0.25, -0.2) is 13.4 Å². The Labute approximate surface area is 131 Å². The number of nitrogens with zero attached hydrogens (tertiary/aromatic N) is 1. The largest absolute Gasteiger partial charge is 0.418 e. The quantitative estimate of drug-likeness (QED) is 0.869. The van der Waals surface area contributed by atoms with Crippen molar-refractivity contribution in [1.82, 2.24) is 4.98 Å². The van der Waals surface area contributed by atoms with Crippen LogP contribution in [0.25, 0.3) is 0 Å². The van der Waals surface area contributed by atoms with E-state index in [9.17, 15) is 21.6 Å². The van der Waals surface area contributed by atoms with E-state index in [-0.39, 0.29) is 13.7 Å². The van der Waals surface area contributed by atoms with Gasteiger partial charge in [0.15, 0.2) is 8.68 Å². The van der Waals surface area contributed by atoms with Crippen LogP contribution in [-0.2, 0) is 16.2 Å². The maximum absolute atomic E-state index is 12.9. The summed E-state index contributed by atoms with van der Waals surface area (Å²) in [5.74, 6) is 0. The highest BCUT2D eigenvalue weighted by Crippen LogP contribution is 2.39. The van der Waals surface area contributed by atoms with Crippen molar-refractivity contribution >= 4 is 50.2 Å². The molecule has 0 fully saturated rings. The van der Waals surface area contributed by atoms with Crippen LogP contribution in [0.3, 0.4) is 0 Å². The van der Waals surface area contributed by atoms with Gasteiger partial charge in [0.1, 0.15) is 0 Å². The minimum atomic E-state index is -4.76. The van der Waals surface area contributed by atoms with Crippen LogP contribution in [0.4, 0.5) is 18.9 Å². The van der Waals surface area contributed by atoms with Crippen LogP contribution in [0.5, 0.6) is 0 Å². The molecule has 0 aliphatic carbocycles. The fourth-order valence-corrected chi connectivity index (χ4v) is 4.08. The predicted octanol–water partition coefficient (Wildman–Crippen LogP) is 4.27. The fourth-order valence-electron chi connectivity index (χ4n) is 1.41. The summed E-state index contributed by atoms with van der Waals surface area (Å²) < 4.78 is 64.2. The average Bonchev–Trinajstić information content (AvgIpc) is 2.78. The molecule has 0 unspecified atom stereocenters. The molecule has 0 saturated carbocycles. The van der Waals surface area contributed by atoms with Crippen molar-refractivity contribution in [2.75, 3.05) is 4.72 Å². The second kappa shape index (κ2) is 5.64. The third-order valence-electron chi connectivity index (χ3n) is 2.28. The van der Waals surface area contributed by atoms with Gasteiger partial charge >= 0.3 is 6.18 Å². The summed E-state index contributed by atoms with van der Waals surface area (Å²) in [7, 11) is -4.26. The molecule has 0 saturated heterocycles. The fraction of sp³-hybridized carbons (Fsp3) is 0.100. The number of anilines is 1. The Hall–Kier alpha value is -1.03. The van der Waals surface area contributed by atoms with Crippen LogP contribution in [0.2, 0.25) is 9.49 Å². The molecule has 0 amide bonds. The number of sulfonamides is 1. The summed E-state index contributed by atoms with van der Waals surface area (Å²) in [5, 5.41) is -0.371. The maximum Gasteiger partial charge on any atom is 0.418 e. The molecule has 0 aliphatic rings. The molecule has 0 bridgehead atoms. The Morgan fingerprint density at radius 1 is 1.24 bits per heavy atom. The molecule has 1 aromatic carbocycles. The third-order valence-corrected chi connectivity index (χ3v) is 5.52. The molecule has 0 spiro atoms. The number of rotatable bonds is 3. The van der Waals surface area contributed by atoms with Gasteiger partial charge in [-0.05, 0) is 12.1 Å². The number of halogens is 5. The Morgan fingerprint density at radius 3 is 2.43 bits per heavy atom. The number of thiazole rings is 1. The van der Waals surface area contributed by atoms with Crippen molar-refractivity contribution in [3.63, 3.8) is 0 Å².